The second kappa shape index (κ2) is 7.88. The number of nitrogens with zero attached hydrogens (tertiary/aromatic N) is 2. The van der Waals surface area contributed by atoms with E-state index in [1.165, 1.54) is 18.4 Å². The Labute approximate surface area is 137 Å². The van der Waals surface area contributed by atoms with Crippen molar-refractivity contribution in [3.8, 4) is 0 Å². The van der Waals surface area contributed by atoms with E-state index in [1.54, 1.807) is 12.4 Å². The van der Waals surface area contributed by atoms with Crippen LogP contribution in [-0.4, -0.2) is 28.9 Å². The molecule has 0 unspecified atom stereocenters. The largest absolute Gasteiger partial charge is 0.326 e. The van der Waals surface area contributed by atoms with Crippen LogP contribution in [0.2, 0.25) is 0 Å². The van der Waals surface area contributed by atoms with Crippen LogP contribution < -0.4 is 5.32 Å². The van der Waals surface area contributed by atoms with Crippen molar-refractivity contribution in [2.24, 2.45) is 0 Å². The minimum absolute atomic E-state index is 0.0654. The number of pyridine rings is 1. The van der Waals surface area contributed by atoms with E-state index in [0.717, 1.165) is 37.3 Å². The molecule has 0 bridgehead atoms. The van der Waals surface area contributed by atoms with Gasteiger partial charge in [0.2, 0.25) is 5.91 Å². The third-order valence-electron chi connectivity index (χ3n) is 4.27. The van der Waals surface area contributed by atoms with Crippen LogP contribution in [0.3, 0.4) is 0 Å². The van der Waals surface area contributed by atoms with Gasteiger partial charge in [-0.3, -0.25) is 14.7 Å². The van der Waals surface area contributed by atoms with Crippen LogP contribution in [0, 0.1) is 0 Å². The Hall–Kier alpha value is -2.20. The SMILES string of the molecule is O=C(CCc1ccncc1)Nc1ccccc1CN1CCCC1. The predicted octanol–water partition coefficient (Wildman–Crippen LogP) is 3.25. The molecule has 3 rings (SSSR count). The van der Waals surface area contributed by atoms with Gasteiger partial charge in [-0.15, -0.1) is 0 Å². The molecule has 23 heavy (non-hydrogen) atoms. The van der Waals surface area contributed by atoms with Gasteiger partial charge in [-0.1, -0.05) is 18.2 Å². The van der Waals surface area contributed by atoms with E-state index >= 15 is 0 Å². The first-order chi connectivity index (χ1) is 11.3. The molecule has 1 N–H and O–H groups in total. The number of hydrogen-bond donors (Lipinski definition) is 1. The Balaban J connectivity index is 1.57. The number of likely N-dealkylation sites (tertiary alicyclic amines) is 1. The summed E-state index contributed by atoms with van der Waals surface area (Å²) >= 11 is 0. The number of anilines is 1. The predicted molar refractivity (Wildman–Crippen MR) is 92.1 cm³/mol. The highest BCUT2D eigenvalue weighted by atomic mass is 16.1. The molecule has 0 radical (unpaired) electrons. The third kappa shape index (κ3) is 4.63. The Morgan fingerprint density at radius 3 is 2.61 bits per heavy atom. The minimum Gasteiger partial charge on any atom is -0.326 e. The van der Waals surface area contributed by atoms with Crippen LogP contribution in [0.4, 0.5) is 5.69 Å². The van der Waals surface area contributed by atoms with Gasteiger partial charge >= 0.3 is 0 Å². The lowest BCUT2D eigenvalue weighted by Crippen LogP contribution is -2.20. The molecule has 0 aliphatic carbocycles. The summed E-state index contributed by atoms with van der Waals surface area (Å²) in [5.41, 5.74) is 3.28. The zero-order valence-corrected chi connectivity index (χ0v) is 13.4. The lowest BCUT2D eigenvalue weighted by molar-refractivity contribution is -0.116. The summed E-state index contributed by atoms with van der Waals surface area (Å²) in [6.07, 6.45) is 7.31. The Kier molecular flexibility index (Phi) is 5.37. The summed E-state index contributed by atoms with van der Waals surface area (Å²) < 4.78 is 0. The maximum Gasteiger partial charge on any atom is 0.224 e. The van der Waals surface area contributed by atoms with Crippen molar-refractivity contribution < 1.29 is 4.79 Å². The fraction of sp³-hybridized carbons (Fsp3) is 0.368. The summed E-state index contributed by atoms with van der Waals surface area (Å²) in [7, 11) is 0. The average molecular weight is 309 g/mol. The molecule has 1 aromatic carbocycles. The van der Waals surface area contributed by atoms with Gasteiger partial charge in [0.15, 0.2) is 0 Å². The standard InChI is InChI=1S/C19H23N3O/c23-19(8-7-16-9-11-20-12-10-16)21-18-6-2-1-5-17(18)15-22-13-3-4-14-22/h1-2,5-6,9-12H,3-4,7-8,13-15H2,(H,21,23). The number of para-hydroxylation sites is 1. The van der Waals surface area contributed by atoms with E-state index in [-0.39, 0.29) is 5.91 Å². The lowest BCUT2D eigenvalue weighted by atomic mass is 10.1. The molecule has 4 heteroatoms. The van der Waals surface area contributed by atoms with Gasteiger partial charge in [-0.2, -0.15) is 0 Å². The number of carbonyl (C=O) groups is 1. The number of rotatable bonds is 6. The summed E-state index contributed by atoms with van der Waals surface area (Å²) in [5.74, 6) is 0.0654. The van der Waals surface area contributed by atoms with Crippen LogP contribution in [0.1, 0.15) is 30.4 Å². The molecular weight excluding hydrogens is 286 g/mol. The fourth-order valence-corrected chi connectivity index (χ4v) is 2.98. The summed E-state index contributed by atoms with van der Waals surface area (Å²) in [4.78, 5) is 18.7. The van der Waals surface area contributed by atoms with Crippen molar-refractivity contribution in [2.75, 3.05) is 18.4 Å². The van der Waals surface area contributed by atoms with E-state index in [1.807, 2.05) is 30.3 Å². The molecular formula is C19H23N3O. The molecule has 1 saturated heterocycles. The van der Waals surface area contributed by atoms with Crippen LogP contribution in [-0.2, 0) is 17.8 Å². The quantitative estimate of drug-likeness (QED) is 0.891. The first-order valence-corrected chi connectivity index (χ1v) is 8.30. The lowest BCUT2D eigenvalue weighted by Gasteiger charge is -2.17. The average Bonchev–Trinajstić information content (AvgIpc) is 3.09. The topological polar surface area (TPSA) is 45.2 Å². The molecule has 2 aromatic rings. The van der Waals surface area contributed by atoms with Crippen molar-refractivity contribution in [3.63, 3.8) is 0 Å². The number of carbonyl (C=O) groups excluding carboxylic acids is 1. The van der Waals surface area contributed by atoms with Gasteiger partial charge in [0.05, 0.1) is 0 Å². The molecule has 0 atom stereocenters. The third-order valence-corrected chi connectivity index (χ3v) is 4.27. The highest BCUT2D eigenvalue weighted by Crippen LogP contribution is 2.20. The number of aromatic nitrogens is 1. The molecule has 0 saturated carbocycles. The first kappa shape index (κ1) is 15.7. The molecule has 1 aromatic heterocycles. The zero-order valence-electron chi connectivity index (χ0n) is 13.4. The molecule has 2 heterocycles. The van der Waals surface area contributed by atoms with Gasteiger partial charge in [0, 0.05) is 31.0 Å². The Morgan fingerprint density at radius 1 is 1.09 bits per heavy atom. The molecule has 0 spiro atoms. The van der Waals surface area contributed by atoms with Gasteiger partial charge in [0.25, 0.3) is 0 Å². The van der Waals surface area contributed by atoms with E-state index in [2.05, 4.69) is 21.3 Å². The molecule has 120 valence electrons. The maximum atomic E-state index is 12.2. The monoisotopic (exact) mass is 309 g/mol. The molecule has 1 aliphatic rings. The van der Waals surface area contributed by atoms with Crippen LogP contribution in [0.25, 0.3) is 0 Å². The Morgan fingerprint density at radius 2 is 1.83 bits per heavy atom. The normalized spacial score (nSPS) is 14.8. The number of amides is 1. The highest BCUT2D eigenvalue weighted by Gasteiger charge is 2.14. The van der Waals surface area contributed by atoms with Crippen molar-refractivity contribution >= 4 is 11.6 Å². The van der Waals surface area contributed by atoms with Gasteiger partial charge in [0.1, 0.15) is 0 Å². The van der Waals surface area contributed by atoms with E-state index in [9.17, 15) is 4.79 Å². The van der Waals surface area contributed by atoms with E-state index < -0.39 is 0 Å². The highest BCUT2D eigenvalue weighted by molar-refractivity contribution is 5.91. The minimum atomic E-state index is 0.0654. The second-order valence-electron chi connectivity index (χ2n) is 6.04. The molecule has 4 nitrogen and oxygen atoms in total. The summed E-state index contributed by atoms with van der Waals surface area (Å²) in [6.45, 7) is 3.23. The number of hydrogen-bond acceptors (Lipinski definition) is 3. The maximum absolute atomic E-state index is 12.2. The molecule has 1 fully saturated rings. The number of nitrogens with one attached hydrogen (secondary N) is 1. The summed E-state index contributed by atoms with van der Waals surface area (Å²) in [5, 5.41) is 3.07. The van der Waals surface area contributed by atoms with Crippen molar-refractivity contribution in [1.29, 1.82) is 0 Å². The molecule has 1 amide bonds. The van der Waals surface area contributed by atoms with Gasteiger partial charge in [-0.25, -0.2) is 0 Å². The van der Waals surface area contributed by atoms with Crippen LogP contribution in [0.15, 0.2) is 48.8 Å². The van der Waals surface area contributed by atoms with Crippen LogP contribution in [0.5, 0.6) is 0 Å². The smallest absolute Gasteiger partial charge is 0.224 e. The number of benzene rings is 1. The fourth-order valence-electron chi connectivity index (χ4n) is 2.98. The van der Waals surface area contributed by atoms with E-state index in [4.69, 9.17) is 0 Å². The Bertz CT molecular complexity index is 636. The van der Waals surface area contributed by atoms with Crippen molar-refractivity contribution in [1.82, 2.24) is 9.88 Å². The van der Waals surface area contributed by atoms with Gasteiger partial charge < -0.3 is 5.32 Å². The second-order valence-corrected chi connectivity index (χ2v) is 6.04. The number of aryl methyl sites for hydroxylation is 1. The zero-order chi connectivity index (χ0) is 15.9. The van der Waals surface area contributed by atoms with Crippen LogP contribution >= 0.6 is 0 Å². The van der Waals surface area contributed by atoms with Crippen molar-refractivity contribution in [2.45, 2.75) is 32.2 Å². The summed E-state index contributed by atoms with van der Waals surface area (Å²) in [6, 6.07) is 12.0. The van der Waals surface area contributed by atoms with Gasteiger partial charge in [-0.05, 0) is 61.7 Å². The van der Waals surface area contributed by atoms with Crippen molar-refractivity contribution in [3.05, 3.63) is 59.9 Å². The van der Waals surface area contributed by atoms with E-state index in [0.29, 0.717) is 6.42 Å². The molecule has 1 aliphatic heterocycles. The first-order valence-electron chi connectivity index (χ1n) is 8.30.